The van der Waals surface area contributed by atoms with Crippen LogP contribution >= 0.6 is 0 Å². The summed E-state index contributed by atoms with van der Waals surface area (Å²) in [6.45, 7) is 7.50. The number of aryl methyl sites for hydroxylation is 3. The Morgan fingerprint density at radius 2 is 1.80 bits per heavy atom. The van der Waals surface area contributed by atoms with Gasteiger partial charge in [-0.15, -0.1) is 0 Å². The summed E-state index contributed by atoms with van der Waals surface area (Å²) in [6.07, 6.45) is 3.54. The minimum absolute atomic E-state index is 0.0224. The lowest BCUT2D eigenvalue weighted by Crippen LogP contribution is -2.31. The lowest BCUT2D eigenvalue weighted by molar-refractivity contribution is -0.131. The van der Waals surface area contributed by atoms with Crippen LogP contribution in [0.3, 0.4) is 0 Å². The first-order chi connectivity index (χ1) is 14.5. The third kappa shape index (κ3) is 3.70. The highest BCUT2D eigenvalue weighted by molar-refractivity contribution is 5.95. The van der Waals surface area contributed by atoms with Crippen LogP contribution in [0.4, 0.5) is 0 Å². The van der Waals surface area contributed by atoms with Crippen molar-refractivity contribution in [2.75, 3.05) is 7.05 Å². The Bertz CT molecular complexity index is 1190. The van der Waals surface area contributed by atoms with E-state index < -0.39 is 0 Å². The monoisotopic (exact) mass is 402 g/mol. The zero-order valence-corrected chi connectivity index (χ0v) is 17.8. The summed E-state index contributed by atoms with van der Waals surface area (Å²) in [4.78, 5) is 19.1. The molecular formula is C23H26N6O. The maximum absolute atomic E-state index is 12.9. The molecule has 0 aliphatic carbocycles. The van der Waals surface area contributed by atoms with Crippen molar-refractivity contribution in [3.63, 3.8) is 0 Å². The molecule has 0 aliphatic rings. The first kappa shape index (κ1) is 19.8. The maximum atomic E-state index is 12.9. The second kappa shape index (κ2) is 8.10. The van der Waals surface area contributed by atoms with Crippen LogP contribution in [0.15, 0.2) is 48.8 Å². The van der Waals surface area contributed by atoms with Crippen LogP contribution in [0, 0.1) is 13.8 Å². The lowest BCUT2D eigenvalue weighted by Gasteiger charge is -2.18. The summed E-state index contributed by atoms with van der Waals surface area (Å²) in [5.41, 5.74) is 6.02. The Labute approximate surface area is 176 Å². The SMILES string of the molecule is CCn1nccc1CN(C)C(=O)Cn1nc(C)c2c(-c3ccc(C)cc3)ccnc21. The fraction of sp³-hybridized carbons (Fsp3) is 0.304. The van der Waals surface area contributed by atoms with Crippen molar-refractivity contribution in [2.24, 2.45) is 0 Å². The fourth-order valence-corrected chi connectivity index (χ4v) is 3.72. The van der Waals surface area contributed by atoms with Crippen molar-refractivity contribution < 1.29 is 4.79 Å². The molecule has 154 valence electrons. The lowest BCUT2D eigenvalue weighted by atomic mass is 10.0. The van der Waals surface area contributed by atoms with E-state index in [1.54, 1.807) is 29.0 Å². The van der Waals surface area contributed by atoms with Gasteiger partial charge in [-0.2, -0.15) is 10.2 Å². The number of benzene rings is 1. The van der Waals surface area contributed by atoms with Gasteiger partial charge in [0, 0.05) is 31.4 Å². The topological polar surface area (TPSA) is 68.8 Å². The summed E-state index contributed by atoms with van der Waals surface area (Å²) in [6, 6.07) is 12.4. The van der Waals surface area contributed by atoms with E-state index in [2.05, 4.69) is 46.4 Å². The standard InChI is InChI=1S/C23H26N6O/c1-5-28-19(10-13-25-28)14-27(4)21(30)15-29-23-22(17(3)26-29)20(11-12-24-23)18-8-6-16(2)7-9-18/h6-13H,5,14-15H2,1-4H3. The minimum atomic E-state index is -0.0224. The van der Waals surface area contributed by atoms with E-state index in [9.17, 15) is 4.79 Å². The van der Waals surface area contributed by atoms with Crippen molar-refractivity contribution in [2.45, 2.75) is 40.4 Å². The van der Waals surface area contributed by atoms with Crippen LogP contribution in [0.2, 0.25) is 0 Å². The number of hydrogen-bond acceptors (Lipinski definition) is 4. The van der Waals surface area contributed by atoms with E-state index in [-0.39, 0.29) is 12.5 Å². The molecule has 7 heteroatoms. The summed E-state index contributed by atoms with van der Waals surface area (Å²) < 4.78 is 3.60. The van der Waals surface area contributed by atoms with E-state index >= 15 is 0 Å². The summed E-state index contributed by atoms with van der Waals surface area (Å²) in [5, 5.41) is 9.89. The molecule has 0 saturated heterocycles. The van der Waals surface area contributed by atoms with E-state index in [1.807, 2.05) is 30.7 Å². The average molecular weight is 403 g/mol. The minimum Gasteiger partial charge on any atom is -0.338 e. The molecule has 3 heterocycles. The van der Waals surface area contributed by atoms with Crippen LogP contribution in [0.5, 0.6) is 0 Å². The highest BCUT2D eigenvalue weighted by Crippen LogP contribution is 2.30. The van der Waals surface area contributed by atoms with Gasteiger partial charge in [-0.05, 0) is 44.0 Å². The zero-order chi connectivity index (χ0) is 21.3. The predicted octanol–water partition coefficient (Wildman–Crippen LogP) is 3.59. The predicted molar refractivity (Wildman–Crippen MR) is 117 cm³/mol. The highest BCUT2D eigenvalue weighted by atomic mass is 16.2. The Morgan fingerprint density at radius 3 is 2.53 bits per heavy atom. The molecule has 1 aromatic carbocycles. The van der Waals surface area contributed by atoms with Gasteiger partial charge in [-0.1, -0.05) is 29.8 Å². The van der Waals surface area contributed by atoms with Crippen molar-refractivity contribution in [1.29, 1.82) is 0 Å². The Morgan fingerprint density at radius 1 is 1.03 bits per heavy atom. The number of carbonyl (C=O) groups is 1. The molecule has 0 spiro atoms. The van der Waals surface area contributed by atoms with E-state index in [0.29, 0.717) is 6.54 Å². The molecule has 0 N–H and O–H groups in total. The molecule has 0 fully saturated rings. The number of nitrogens with zero attached hydrogens (tertiary/aromatic N) is 6. The second-order valence-electron chi connectivity index (χ2n) is 7.55. The molecule has 30 heavy (non-hydrogen) atoms. The van der Waals surface area contributed by atoms with E-state index in [4.69, 9.17) is 0 Å². The molecule has 1 amide bonds. The molecule has 0 radical (unpaired) electrons. The Hall–Kier alpha value is -3.48. The zero-order valence-electron chi connectivity index (χ0n) is 17.8. The van der Waals surface area contributed by atoms with E-state index in [0.717, 1.165) is 40.1 Å². The molecule has 0 aliphatic heterocycles. The van der Waals surface area contributed by atoms with Gasteiger partial charge in [0.15, 0.2) is 5.65 Å². The van der Waals surface area contributed by atoms with Gasteiger partial charge >= 0.3 is 0 Å². The number of amides is 1. The normalized spacial score (nSPS) is 11.2. The van der Waals surface area contributed by atoms with Crippen molar-refractivity contribution >= 4 is 16.9 Å². The first-order valence-electron chi connectivity index (χ1n) is 10.1. The molecule has 4 aromatic rings. The fourth-order valence-electron chi connectivity index (χ4n) is 3.72. The van der Waals surface area contributed by atoms with Gasteiger partial charge in [0.2, 0.25) is 5.91 Å². The second-order valence-corrected chi connectivity index (χ2v) is 7.55. The highest BCUT2D eigenvalue weighted by Gasteiger charge is 2.18. The molecule has 3 aromatic heterocycles. The van der Waals surface area contributed by atoms with Crippen LogP contribution in [-0.2, 0) is 24.4 Å². The van der Waals surface area contributed by atoms with Gasteiger partial charge in [0.25, 0.3) is 0 Å². The average Bonchev–Trinajstić information content (AvgIpc) is 3.32. The number of likely N-dealkylation sites (N-methyl/N-ethyl adjacent to an activating group) is 1. The largest absolute Gasteiger partial charge is 0.338 e. The molecule has 0 saturated carbocycles. The van der Waals surface area contributed by atoms with E-state index in [1.165, 1.54) is 5.56 Å². The molecule has 0 unspecified atom stereocenters. The first-order valence-corrected chi connectivity index (χ1v) is 10.1. The van der Waals surface area contributed by atoms with Crippen LogP contribution in [0.25, 0.3) is 22.2 Å². The van der Waals surface area contributed by atoms with Crippen molar-refractivity contribution in [3.05, 3.63) is 65.7 Å². The smallest absolute Gasteiger partial charge is 0.244 e. The number of rotatable bonds is 6. The van der Waals surface area contributed by atoms with Gasteiger partial charge < -0.3 is 4.90 Å². The van der Waals surface area contributed by atoms with Gasteiger partial charge in [-0.3, -0.25) is 9.48 Å². The van der Waals surface area contributed by atoms with Gasteiger partial charge in [0.05, 0.1) is 17.9 Å². The van der Waals surface area contributed by atoms with Gasteiger partial charge in [-0.25, -0.2) is 9.67 Å². The summed E-state index contributed by atoms with van der Waals surface area (Å²) in [5.74, 6) is -0.0224. The van der Waals surface area contributed by atoms with Gasteiger partial charge in [0.1, 0.15) is 6.54 Å². The number of hydrogen-bond donors (Lipinski definition) is 0. The number of pyridine rings is 1. The third-order valence-corrected chi connectivity index (χ3v) is 5.38. The van der Waals surface area contributed by atoms with Crippen molar-refractivity contribution in [3.8, 4) is 11.1 Å². The molecule has 4 rings (SSSR count). The number of fused-ring (bicyclic) bond motifs is 1. The molecule has 7 nitrogen and oxygen atoms in total. The number of aromatic nitrogens is 5. The summed E-state index contributed by atoms with van der Waals surface area (Å²) >= 11 is 0. The molecular weight excluding hydrogens is 376 g/mol. The molecule has 0 atom stereocenters. The number of carbonyl (C=O) groups excluding carboxylic acids is 1. The Balaban J connectivity index is 1.61. The Kier molecular flexibility index (Phi) is 5.35. The third-order valence-electron chi connectivity index (χ3n) is 5.38. The van der Waals surface area contributed by atoms with Crippen LogP contribution in [-0.4, -0.2) is 42.4 Å². The van der Waals surface area contributed by atoms with Crippen molar-refractivity contribution in [1.82, 2.24) is 29.4 Å². The van der Waals surface area contributed by atoms with Crippen LogP contribution in [0.1, 0.15) is 23.9 Å². The maximum Gasteiger partial charge on any atom is 0.244 e. The quantitative estimate of drug-likeness (QED) is 0.494. The van der Waals surface area contributed by atoms with Crippen LogP contribution < -0.4 is 0 Å². The summed E-state index contributed by atoms with van der Waals surface area (Å²) in [7, 11) is 1.80. The molecule has 0 bridgehead atoms.